The van der Waals surface area contributed by atoms with Crippen molar-refractivity contribution in [2.24, 2.45) is 0 Å². The van der Waals surface area contributed by atoms with Crippen molar-refractivity contribution in [3.8, 4) is 5.75 Å². The fourth-order valence-corrected chi connectivity index (χ4v) is 1.76. The highest BCUT2D eigenvalue weighted by Crippen LogP contribution is 2.24. The summed E-state index contributed by atoms with van der Waals surface area (Å²) in [7, 11) is 0. The Labute approximate surface area is 129 Å². The predicted molar refractivity (Wildman–Crippen MR) is 90.2 cm³/mol. The average Bonchev–Trinajstić information content (AvgIpc) is 2.98. The van der Waals surface area contributed by atoms with Crippen molar-refractivity contribution in [2.45, 2.75) is 34.1 Å². The van der Waals surface area contributed by atoms with E-state index in [4.69, 9.17) is 13.9 Å². The van der Waals surface area contributed by atoms with Gasteiger partial charge in [0.2, 0.25) is 0 Å². The van der Waals surface area contributed by atoms with Crippen LogP contribution in [0.4, 0.5) is 0 Å². The molecule has 0 atom stereocenters. The summed E-state index contributed by atoms with van der Waals surface area (Å²) < 4.78 is 11.3. The van der Waals surface area contributed by atoms with E-state index in [0.717, 1.165) is 42.0 Å². The maximum atomic E-state index is 8.00. The standard InChI is InChI=1S/C14H19NO2.C2H6.CH2O.H2/c1-3-12-9-11-10-13(5-6-14(11)17-12)16-8-7-15-4-2;2*1-2;/h5-6,9-10,15H,3-4,7-8H2,1-2H3;1-2H3;1H2;1H. The highest BCUT2D eigenvalue weighted by atomic mass is 16.5. The van der Waals surface area contributed by atoms with E-state index in [9.17, 15) is 0 Å². The number of ether oxygens (including phenoxy) is 1. The summed E-state index contributed by atoms with van der Waals surface area (Å²) in [4.78, 5) is 8.00. The first-order chi connectivity index (χ1) is 10.3. The first kappa shape index (κ1) is 19.2. The molecule has 4 nitrogen and oxygen atoms in total. The first-order valence-corrected chi connectivity index (χ1v) is 7.48. The van der Waals surface area contributed by atoms with Crippen LogP contribution in [0.3, 0.4) is 0 Å². The van der Waals surface area contributed by atoms with Crippen LogP contribution in [0.15, 0.2) is 28.7 Å². The Morgan fingerprint density at radius 3 is 2.57 bits per heavy atom. The highest BCUT2D eigenvalue weighted by Gasteiger charge is 2.03. The van der Waals surface area contributed by atoms with Crippen molar-refractivity contribution < 1.29 is 15.4 Å². The van der Waals surface area contributed by atoms with Crippen molar-refractivity contribution >= 4 is 17.8 Å². The van der Waals surface area contributed by atoms with E-state index < -0.39 is 0 Å². The van der Waals surface area contributed by atoms with Gasteiger partial charge >= 0.3 is 0 Å². The Morgan fingerprint density at radius 1 is 1.24 bits per heavy atom. The molecule has 21 heavy (non-hydrogen) atoms. The van der Waals surface area contributed by atoms with E-state index in [0.29, 0.717) is 6.61 Å². The molecule has 2 rings (SSSR count). The molecule has 0 fully saturated rings. The van der Waals surface area contributed by atoms with E-state index >= 15 is 0 Å². The number of nitrogens with one attached hydrogen (secondary N) is 1. The molecule has 0 aliphatic heterocycles. The Balaban J connectivity index is 0. The molecule has 0 saturated carbocycles. The molecule has 1 aromatic carbocycles. The molecule has 1 heterocycles. The van der Waals surface area contributed by atoms with Gasteiger partial charge in [0.25, 0.3) is 0 Å². The number of likely N-dealkylation sites (N-methyl/N-ethyl adjacent to an activating group) is 1. The van der Waals surface area contributed by atoms with E-state index in [1.807, 2.05) is 38.8 Å². The van der Waals surface area contributed by atoms with Crippen LogP contribution in [0, 0.1) is 0 Å². The van der Waals surface area contributed by atoms with Gasteiger partial charge in [0.05, 0.1) is 0 Å². The Kier molecular flexibility index (Phi) is 10.9. The fourth-order valence-electron chi connectivity index (χ4n) is 1.76. The highest BCUT2D eigenvalue weighted by molar-refractivity contribution is 5.79. The van der Waals surface area contributed by atoms with Gasteiger partial charge in [-0.1, -0.05) is 27.7 Å². The summed E-state index contributed by atoms with van der Waals surface area (Å²) in [6, 6.07) is 8.03. The number of carbonyl (C=O) groups excluding carboxylic acids is 1. The predicted octanol–water partition coefficient (Wildman–Crippen LogP) is 4.07. The maximum Gasteiger partial charge on any atom is 0.134 e. The third-order valence-corrected chi connectivity index (χ3v) is 2.68. The summed E-state index contributed by atoms with van der Waals surface area (Å²) in [5.41, 5.74) is 0.931. The zero-order valence-electron chi connectivity index (χ0n) is 13.6. The Morgan fingerprint density at radius 2 is 1.95 bits per heavy atom. The number of aryl methyl sites for hydroxylation is 1. The minimum atomic E-state index is 0. The SMILES string of the molecule is C=O.CC.CCNCCOc1ccc2oc(CC)cc2c1.[HH]. The topological polar surface area (TPSA) is 51.5 Å². The molecule has 0 aliphatic rings. The lowest BCUT2D eigenvalue weighted by Crippen LogP contribution is -2.20. The zero-order valence-corrected chi connectivity index (χ0v) is 13.6. The Bertz CT molecular complexity index is 500. The van der Waals surface area contributed by atoms with Gasteiger partial charge in [-0.3, -0.25) is 0 Å². The van der Waals surface area contributed by atoms with Crippen LogP contribution in [-0.4, -0.2) is 26.5 Å². The molecule has 0 saturated heterocycles. The molecule has 0 bridgehead atoms. The number of furan rings is 1. The van der Waals surface area contributed by atoms with Crippen molar-refractivity contribution in [3.63, 3.8) is 0 Å². The van der Waals surface area contributed by atoms with E-state index in [1.165, 1.54) is 0 Å². The molecular formula is C17H29NO3. The number of hydrogen-bond acceptors (Lipinski definition) is 4. The summed E-state index contributed by atoms with van der Waals surface area (Å²) in [5, 5.41) is 4.34. The van der Waals surface area contributed by atoms with Crippen molar-refractivity contribution in [2.75, 3.05) is 19.7 Å². The quantitative estimate of drug-likeness (QED) is 0.816. The summed E-state index contributed by atoms with van der Waals surface area (Å²) in [5.74, 6) is 1.92. The third kappa shape index (κ3) is 6.45. The van der Waals surface area contributed by atoms with Gasteiger partial charge in [-0.25, -0.2) is 0 Å². The van der Waals surface area contributed by atoms with Crippen LogP contribution >= 0.6 is 0 Å². The molecule has 4 heteroatoms. The van der Waals surface area contributed by atoms with Crippen LogP contribution in [-0.2, 0) is 11.2 Å². The Hall–Kier alpha value is -1.81. The smallest absolute Gasteiger partial charge is 0.134 e. The van der Waals surface area contributed by atoms with Gasteiger partial charge in [0.1, 0.15) is 30.5 Å². The molecule has 0 amide bonds. The number of rotatable bonds is 6. The summed E-state index contributed by atoms with van der Waals surface area (Å²) >= 11 is 0. The largest absolute Gasteiger partial charge is 0.492 e. The van der Waals surface area contributed by atoms with Gasteiger partial charge in [-0.2, -0.15) is 0 Å². The first-order valence-electron chi connectivity index (χ1n) is 7.48. The molecule has 1 N–H and O–H groups in total. The number of carbonyl (C=O) groups is 1. The zero-order chi connectivity index (χ0) is 16.1. The maximum absolute atomic E-state index is 8.00. The molecule has 1 aromatic heterocycles. The molecule has 2 aromatic rings. The lowest BCUT2D eigenvalue weighted by molar-refractivity contribution is -0.0979. The normalized spacial score (nSPS) is 9.33. The van der Waals surface area contributed by atoms with E-state index in [2.05, 4.69) is 25.2 Å². The molecule has 0 unspecified atom stereocenters. The van der Waals surface area contributed by atoms with Crippen molar-refractivity contribution in [1.29, 1.82) is 0 Å². The van der Waals surface area contributed by atoms with Crippen LogP contribution in [0.1, 0.15) is 34.9 Å². The number of hydrogen-bond donors (Lipinski definition) is 1. The minimum Gasteiger partial charge on any atom is -0.492 e. The van der Waals surface area contributed by atoms with E-state index in [1.54, 1.807) is 0 Å². The molecular weight excluding hydrogens is 266 g/mol. The lowest BCUT2D eigenvalue weighted by Gasteiger charge is -2.05. The fraction of sp³-hybridized carbons (Fsp3) is 0.471. The van der Waals surface area contributed by atoms with Gasteiger partial charge in [-0.15, -0.1) is 0 Å². The van der Waals surface area contributed by atoms with Crippen molar-refractivity contribution in [3.05, 3.63) is 30.0 Å². The average molecular weight is 295 g/mol. The molecule has 0 radical (unpaired) electrons. The second kappa shape index (κ2) is 12.0. The minimum absolute atomic E-state index is 0. The molecule has 0 aliphatic carbocycles. The third-order valence-electron chi connectivity index (χ3n) is 2.68. The van der Waals surface area contributed by atoms with Gasteiger partial charge in [0, 0.05) is 19.8 Å². The second-order valence-corrected chi connectivity index (χ2v) is 3.97. The van der Waals surface area contributed by atoms with Gasteiger partial charge in [0.15, 0.2) is 0 Å². The number of benzene rings is 1. The van der Waals surface area contributed by atoms with Crippen LogP contribution in [0.2, 0.25) is 0 Å². The second-order valence-electron chi connectivity index (χ2n) is 3.97. The van der Waals surface area contributed by atoms with E-state index in [-0.39, 0.29) is 1.43 Å². The van der Waals surface area contributed by atoms with Crippen LogP contribution in [0.5, 0.6) is 5.75 Å². The summed E-state index contributed by atoms with van der Waals surface area (Å²) in [6.07, 6.45) is 0.922. The molecule has 120 valence electrons. The number of fused-ring (bicyclic) bond motifs is 1. The van der Waals surface area contributed by atoms with Crippen molar-refractivity contribution in [1.82, 2.24) is 5.32 Å². The van der Waals surface area contributed by atoms with Crippen LogP contribution < -0.4 is 10.1 Å². The lowest BCUT2D eigenvalue weighted by atomic mass is 10.2. The monoisotopic (exact) mass is 295 g/mol. The molecule has 0 spiro atoms. The van der Waals surface area contributed by atoms with Crippen LogP contribution in [0.25, 0.3) is 11.0 Å². The summed E-state index contributed by atoms with van der Waals surface area (Å²) in [6.45, 7) is 12.7. The van der Waals surface area contributed by atoms with Gasteiger partial charge in [-0.05, 0) is 30.8 Å². The van der Waals surface area contributed by atoms with Gasteiger partial charge < -0.3 is 19.3 Å².